The summed E-state index contributed by atoms with van der Waals surface area (Å²) in [4.78, 5) is 29.7. The van der Waals surface area contributed by atoms with E-state index in [1.54, 1.807) is 23.5 Å². The van der Waals surface area contributed by atoms with Crippen molar-refractivity contribution in [3.63, 3.8) is 0 Å². The van der Waals surface area contributed by atoms with Gasteiger partial charge in [0.1, 0.15) is 4.83 Å². The molecule has 0 spiro atoms. The van der Waals surface area contributed by atoms with Crippen molar-refractivity contribution in [2.24, 2.45) is 0 Å². The highest BCUT2D eigenvalue weighted by Gasteiger charge is 2.21. The lowest BCUT2D eigenvalue weighted by molar-refractivity contribution is -0.384. The summed E-state index contributed by atoms with van der Waals surface area (Å²) in [5.74, 6) is 0. The molecule has 1 aliphatic carbocycles. The standard InChI is InChI=1S/C16H13N3O3S/c20-16-14-12-5-2-6-13(12)23-15(14)17-9-18(16)8-10-3-1-4-11(7-10)19(21)22/h1,3-4,7,9H,2,5-6,8H2. The smallest absolute Gasteiger partial charge is 0.269 e. The molecule has 0 saturated heterocycles. The Morgan fingerprint density at radius 2 is 2.22 bits per heavy atom. The van der Waals surface area contributed by atoms with Crippen LogP contribution in [0.5, 0.6) is 0 Å². The first kappa shape index (κ1) is 14.1. The number of non-ortho nitro benzene ring substituents is 1. The molecule has 116 valence electrons. The van der Waals surface area contributed by atoms with E-state index in [1.165, 1.54) is 27.9 Å². The van der Waals surface area contributed by atoms with Crippen molar-refractivity contribution in [2.45, 2.75) is 25.8 Å². The molecule has 2 aromatic heterocycles. The van der Waals surface area contributed by atoms with E-state index in [4.69, 9.17) is 0 Å². The Kier molecular flexibility index (Phi) is 3.23. The zero-order valence-corrected chi connectivity index (χ0v) is 13.0. The molecule has 0 unspecified atom stereocenters. The fourth-order valence-electron chi connectivity index (χ4n) is 3.10. The largest absolute Gasteiger partial charge is 0.294 e. The van der Waals surface area contributed by atoms with Crippen LogP contribution in [0.2, 0.25) is 0 Å². The molecule has 6 nitrogen and oxygen atoms in total. The molecule has 0 N–H and O–H groups in total. The van der Waals surface area contributed by atoms with Crippen molar-refractivity contribution in [1.82, 2.24) is 9.55 Å². The number of thiophene rings is 1. The Labute approximate surface area is 135 Å². The van der Waals surface area contributed by atoms with Gasteiger partial charge in [-0.2, -0.15) is 0 Å². The highest BCUT2D eigenvalue weighted by molar-refractivity contribution is 7.18. The molecule has 0 saturated carbocycles. The third-order valence-electron chi connectivity index (χ3n) is 4.17. The minimum Gasteiger partial charge on any atom is -0.294 e. The molecule has 3 aromatic rings. The van der Waals surface area contributed by atoms with Gasteiger partial charge in [-0.05, 0) is 30.4 Å². The van der Waals surface area contributed by atoms with E-state index in [-0.39, 0.29) is 17.8 Å². The van der Waals surface area contributed by atoms with Gasteiger partial charge in [-0.25, -0.2) is 4.98 Å². The van der Waals surface area contributed by atoms with Gasteiger partial charge in [0.2, 0.25) is 0 Å². The number of benzene rings is 1. The quantitative estimate of drug-likeness (QED) is 0.547. The van der Waals surface area contributed by atoms with E-state index in [9.17, 15) is 14.9 Å². The average molecular weight is 327 g/mol. The van der Waals surface area contributed by atoms with E-state index in [0.29, 0.717) is 5.56 Å². The van der Waals surface area contributed by atoms with Crippen LogP contribution in [-0.4, -0.2) is 14.5 Å². The summed E-state index contributed by atoms with van der Waals surface area (Å²) < 4.78 is 1.53. The van der Waals surface area contributed by atoms with E-state index >= 15 is 0 Å². The fraction of sp³-hybridized carbons (Fsp3) is 0.250. The number of fused-ring (bicyclic) bond motifs is 3. The number of rotatable bonds is 3. The summed E-state index contributed by atoms with van der Waals surface area (Å²) >= 11 is 1.61. The number of hydrogen-bond donors (Lipinski definition) is 0. The SMILES string of the molecule is O=c1c2c3c(sc2ncn1Cc1cccc([N+](=O)[O-])c1)CCC3. The molecular formula is C16H13N3O3S. The average Bonchev–Trinajstić information content (AvgIpc) is 3.11. The monoisotopic (exact) mass is 327 g/mol. The first-order chi connectivity index (χ1) is 11.1. The number of aromatic nitrogens is 2. The number of nitro groups is 1. The van der Waals surface area contributed by atoms with Gasteiger partial charge < -0.3 is 0 Å². The van der Waals surface area contributed by atoms with Gasteiger partial charge in [-0.3, -0.25) is 19.5 Å². The Morgan fingerprint density at radius 3 is 3.04 bits per heavy atom. The lowest BCUT2D eigenvalue weighted by atomic mass is 10.2. The van der Waals surface area contributed by atoms with Gasteiger partial charge in [-0.1, -0.05) is 12.1 Å². The Balaban J connectivity index is 1.78. The summed E-state index contributed by atoms with van der Waals surface area (Å²) in [6.45, 7) is 0.286. The molecule has 7 heteroatoms. The molecule has 4 rings (SSSR count). The Morgan fingerprint density at radius 1 is 1.35 bits per heavy atom. The second-order valence-corrected chi connectivity index (χ2v) is 6.73. The summed E-state index contributed by atoms with van der Waals surface area (Å²) in [5.41, 5.74) is 1.84. The molecule has 0 amide bonds. The first-order valence-corrected chi connectivity index (χ1v) is 8.18. The van der Waals surface area contributed by atoms with Crippen LogP contribution in [0.3, 0.4) is 0 Å². The van der Waals surface area contributed by atoms with E-state index < -0.39 is 4.92 Å². The number of nitro benzene ring substituents is 1. The molecule has 2 heterocycles. The van der Waals surface area contributed by atoms with Crippen LogP contribution in [0.4, 0.5) is 5.69 Å². The van der Waals surface area contributed by atoms with Crippen molar-refractivity contribution in [3.8, 4) is 0 Å². The van der Waals surface area contributed by atoms with Crippen LogP contribution in [0.1, 0.15) is 22.4 Å². The van der Waals surface area contributed by atoms with E-state index in [1.807, 2.05) is 0 Å². The molecule has 0 aliphatic heterocycles. The second kappa shape index (κ2) is 5.27. The summed E-state index contributed by atoms with van der Waals surface area (Å²) in [6, 6.07) is 6.35. The fourth-order valence-corrected chi connectivity index (χ4v) is 4.32. The van der Waals surface area contributed by atoms with Gasteiger partial charge in [0.15, 0.2) is 0 Å². The first-order valence-electron chi connectivity index (χ1n) is 7.36. The number of nitrogens with zero attached hydrogens (tertiary/aromatic N) is 3. The summed E-state index contributed by atoms with van der Waals surface area (Å²) in [6.07, 6.45) is 4.60. The lowest BCUT2D eigenvalue weighted by Gasteiger charge is -2.06. The molecule has 1 aromatic carbocycles. The van der Waals surface area contributed by atoms with Crippen molar-refractivity contribution < 1.29 is 4.92 Å². The Bertz CT molecular complexity index is 990. The summed E-state index contributed by atoms with van der Waals surface area (Å²) in [5, 5.41) is 11.6. The van der Waals surface area contributed by atoms with Crippen LogP contribution in [0, 0.1) is 10.1 Å². The topological polar surface area (TPSA) is 78.0 Å². The predicted octanol–water partition coefficient (Wildman–Crippen LogP) is 2.90. The zero-order chi connectivity index (χ0) is 16.0. The zero-order valence-electron chi connectivity index (χ0n) is 12.2. The lowest BCUT2D eigenvalue weighted by Crippen LogP contribution is -2.21. The van der Waals surface area contributed by atoms with Crippen molar-refractivity contribution in [1.29, 1.82) is 0 Å². The molecular weight excluding hydrogens is 314 g/mol. The second-order valence-electron chi connectivity index (χ2n) is 5.64. The normalized spacial score (nSPS) is 13.4. The van der Waals surface area contributed by atoms with Gasteiger partial charge in [0.05, 0.1) is 23.2 Å². The maximum atomic E-state index is 12.8. The van der Waals surface area contributed by atoms with E-state index in [0.717, 1.165) is 35.0 Å². The summed E-state index contributed by atoms with van der Waals surface area (Å²) in [7, 11) is 0. The molecule has 0 atom stereocenters. The molecule has 0 bridgehead atoms. The third kappa shape index (κ3) is 2.33. The van der Waals surface area contributed by atoms with Crippen LogP contribution in [-0.2, 0) is 19.4 Å². The van der Waals surface area contributed by atoms with Gasteiger partial charge in [0.25, 0.3) is 11.2 Å². The highest BCUT2D eigenvalue weighted by Crippen LogP contribution is 2.34. The number of aryl methyl sites for hydroxylation is 2. The van der Waals surface area contributed by atoms with Crippen molar-refractivity contribution in [2.75, 3.05) is 0 Å². The maximum absolute atomic E-state index is 12.8. The number of hydrogen-bond acceptors (Lipinski definition) is 5. The minimum atomic E-state index is -0.431. The molecule has 1 aliphatic rings. The predicted molar refractivity (Wildman–Crippen MR) is 88.1 cm³/mol. The van der Waals surface area contributed by atoms with E-state index in [2.05, 4.69) is 4.98 Å². The van der Waals surface area contributed by atoms with Gasteiger partial charge in [-0.15, -0.1) is 11.3 Å². The maximum Gasteiger partial charge on any atom is 0.269 e. The minimum absolute atomic E-state index is 0.0287. The molecule has 23 heavy (non-hydrogen) atoms. The Hall–Kier alpha value is -2.54. The molecule has 0 fully saturated rings. The van der Waals surface area contributed by atoms with Crippen LogP contribution in [0.25, 0.3) is 10.2 Å². The van der Waals surface area contributed by atoms with Gasteiger partial charge in [0, 0.05) is 17.0 Å². The van der Waals surface area contributed by atoms with Crippen molar-refractivity contribution in [3.05, 3.63) is 67.1 Å². The van der Waals surface area contributed by atoms with Crippen LogP contribution in [0.15, 0.2) is 35.4 Å². The van der Waals surface area contributed by atoms with Crippen LogP contribution >= 0.6 is 11.3 Å². The molecule has 0 radical (unpaired) electrons. The van der Waals surface area contributed by atoms with Crippen LogP contribution < -0.4 is 5.56 Å². The van der Waals surface area contributed by atoms with Crippen molar-refractivity contribution >= 4 is 27.2 Å². The highest BCUT2D eigenvalue weighted by atomic mass is 32.1. The third-order valence-corrected chi connectivity index (χ3v) is 5.37. The van der Waals surface area contributed by atoms with Gasteiger partial charge >= 0.3 is 0 Å².